The van der Waals surface area contributed by atoms with E-state index in [-0.39, 0.29) is 0 Å². The monoisotopic (exact) mass is 245 g/mol. The van der Waals surface area contributed by atoms with E-state index in [4.69, 9.17) is 10.5 Å². The van der Waals surface area contributed by atoms with Crippen molar-refractivity contribution in [2.45, 2.75) is 19.4 Å². The van der Waals surface area contributed by atoms with Gasteiger partial charge in [0.1, 0.15) is 0 Å². The molecule has 0 radical (unpaired) electrons. The summed E-state index contributed by atoms with van der Waals surface area (Å²) in [7, 11) is 0. The van der Waals surface area contributed by atoms with E-state index in [2.05, 4.69) is 9.80 Å². The number of piperazine rings is 1. The van der Waals surface area contributed by atoms with Crippen LogP contribution < -0.4 is 5.73 Å². The molecule has 102 valence electrons. The van der Waals surface area contributed by atoms with Crippen molar-refractivity contribution in [2.24, 2.45) is 5.73 Å². The van der Waals surface area contributed by atoms with Crippen LogP contribution in [0.1, 0.15) is 13.8 Å². The number of rotatable bonds is 7. The molecular weight excluding hydrogens is 218 g/mol. The second-order valence-corrected chi connectivity index (χ2v) is 5.33. The number of nitrogens with zero attached hydrogens (tertiary/aromatic N) is 2. The maximum atomic E-state index is 9.75. The zero-order valence-electron chi connectivity index (χ0n) is 11.2. The van der Waals surface area contributed by atoms with Gasteiger partial charge in [-0.1, -0.05) is 0 Å². The van der Waals surface area contributed by atoms with Crippen molar-refractivity contribution in [3.63, 3.8) is 0 Å². The third-order valence-corrected chi connectivity index (χ3v) is 2.89. The van der Waals surface area contributed by atoms with Crippen LogP contribution in [0.4, 0.5) is 0 Å². The highest BCUT2D eigenvalue weighted by molar-refractivity contribution is 4.77. The lowest BCUT2D eigenvalue weighted by molar-refractivity contribution is 0.0129. The largest absolute Gasteiger partial charge is 0.389 e. The number of hydrogen-bond donors (Lipinski definition) is 2. The van der Waals surface area contributed by atoms with Crippen LogP contribution in [0, 0.1) is 0 Å². The molecule has 5 nitrogen and oxygen atoms in total. The van der Waals surface area contributed by atoms with Gasteiger partial charge in [0.05, 0.1) is 18.8 Å². The number of nitrogens with two attached hydrogens (primary N) is 1. The quantitative estimate of drug-likeness (QED) is 0.584. The number of hydrogen-bond acceptors (Lipinski definition) is 5. The van der Waals surface area contributed by atoms with Crippen LogP contribution in [0.2, 0.25) is 0 Å². The molecule has 0 aromatic heterocycles. The van der Waals surface area contributed by atoms with Gasteiger partial charge in [0.2, 0.25) is 0 Å². The molecular formula is C12H27N3O2. The van der Waals surface area contributed by atoms with Gasteiger partial charge >= 0.3 is 0 Å². The molecule has 0 amide bonds. The summed E-state index contributed by atoms with van der Waals surface area (Å²) in [5.74, 6) is 0. The van der Waals surface area contributed by atoms with Gasteiger partial charge in [-0.05, 0) is 13.8 Å². The summed E-state index contributed by atoms with van der Waals surface area (Å²) in [4.78, 5) is 4.72. The molecule has 0 aromatic carbocycles. The Balaban J connectivity index is 2.09. The fourth-order valence-corrected chi connectivity index (χ4v) is 2.10. The summed E-state index contributed by atoms with van der Waals surface area (Å²) in [6, 6.07) is 0. The van der Waals surface area contributed by atoms with Gasteiger partial charge in [0.15, 0.2) is 0 Å². The van der Waals surface area contributed by atoms with Crippen molar-refractivity contribution in [1.29, 1.82) is 0 Å². The normalized spacial score (nSPS) is 19.8. The highest BCUT2D eigenvalue weighted by Gasteiger charge is 2.22. The van der Waals surface area contributed by atoms with Gasteiger partial charge in [-0.3, -0.25) is 9.80 Å². The first-order valence-corrected chi connectivity index (χ1v) is 6.46. The topological polar surface area (TPSA) is 62.0 Å². The Morgan fingerprint density at radius 1 is 1.12 bits per heavy atom. The smallest absolute Gasteiger partial charge is 0.0718 e. The molecule has 1 rings (SSSR count). The fourth-order valence-electron chi connectivity index (χ4n) is 2.10. The maximum Gasteiger partial charge on any atom is 0.0718 e. The molecule has 17 heavy (non-hydrogen) atoms. The Morgan fingerprint density at radius 3 is 2.24 bits per heavy atom. The zero-order chi connectivity index (χ0) is 12.7. The van der Waals surface area contributed by atoms with Gasteiger partial charge < -0.3 is 15.6 Å². The first-order chi connectivity index (χ1) is 8.01. The van der Waals surface area contributed by atoms with Gasteiger partial charge in [-0.2, -0.15) is 0 Å². The predicted octanol–water partition coefficient (Wildman–Crippen LogP) is -0.650. The van der Waals surface area contributed by atoms with Crippen LogP contribution in [-0.2, 0) is 4.74 Å². The Kier molecular flexibility index (Phi) is 6.37. The first kappa shape index (κ1) is 14.9. The van der Waals surface area contributed by atoms with Gasteiger partial charge in [-0.25, -0.2) is 0 Å². The highest BCUT2D eigenvalue weighted by atomic mass is 16.5. The lowest BCUT2D eigenvalue weighted by Crippen LogP contribution is -2.51. The van der Waals surface area contributed by atoms with Crippen LogP contribution in [0.15, 0.2) is 0 Å². The second kappa shape index (κ2) is 7.28. The van der Waals surface area contributed by atoms with Gasteiger partial charge in [-0.15, -0.1) is 0 Å². The standard InChI is InChI=1S/C12H27N3O2/c1-12(2,16)11-15-6-4-14(5-7-15)8-10-17-9-3-13/h16H,3-11,13H2,1-2H3. The molecule has 0 aromatic rings. The van der Waals surface area contributed by atoms with Crippen molar-refractivity contribution < 1.29 is 9.84 Å². The van der Waals surface area contributed by atoms with Gasteiger partial charge in [0, 0.05) is 45.8 Å². The van der Waals surface area contributed by atoms with Crippen molar-refractivity contribution in [2.75, 3.05) is 59.0 Å². The molecule has 1 saturated heterocycles. The van der Waals surface area contributed by atoms with Gasteiger partial charge in [0.25, 0.3) is 0 Å². The van der Waals surface area contributed by atoms with Crippen molar-refractivity contribution in [1.82, 2.24) is 9.80 Å². The summed E-state index contributed by atoms with van der Waals surface area (Å²) < 4.78 is 5.37. The molecule has 0 unspecified atom stereocenters. The molecule has 3 N–H and O–H groups in total. The molecule has 0 aliphatic carbocycles. The molecule has 5 heteroatoms. The first-order valence-electron chi connectivity index (χ1n) is 6.46. The second-order valence-electron chi connectivity index (χ2n) is 5.33. The third-order valence-electron chi connectivity index (χ3n) is 2.89. The Morgan fingerprint density at radius 2 is 1.71 bits per heavy atom. The van der Waals surface area contributed by atoms with Crippen LogP contribution in [0.3, 0.4) is 0 Å². The van der Waals surface area contributed by atoms with E-state index in [0.29, 0.717) is 13.2 Å². The van der Waals surface area contributed by atoms with E-state index >= 15 is 0 Å². The summed E-state index contributed by atoms with van der Waals surface area (Å²) in [6.07, 6.45) is 0. The lowest BCUT2D eigenvalue weighted by Gasteiger charge is -2.37. The Hall–Kier alpha value is -0.200. The summed E-state index contributed by atoms with van der Waals surface area (Å²) in [5, 5.41) is 9.75. The number of aliphatic hydroxyl groups is 1. The van der Waals surface area contributed by atoms with Crippen LogP contribution in [0.25, 0.3) is 0 Å². The van der Waals surface area contributed by atoms with Crippen molar-refractivity contribution >= 4 is 0 Å². The van der Waals surface area contributed by atoms with E-state index in [9.17, 15) is 5.11 Å². The minimum Gasteiger partial charge on any atom is -0.389 e. The molecule has 1 fully saturated rings. The van der Waals surface area contributed by atoms with E-state index in [1.165, 1.54) is 0 Å². The summed E-state index contributed by atoms with van der Waals surface area (Å²) >= 11 is 0. The molecule has 1 aliphatic heterocycles. The average molecular weight is 245 g/mol. The zero-order valence-corrected chi connectivity index (χ0v) is 11.2. The van der Waals surface area contributed by atoms with E-state index in [1.54, 1.807) is 0 Å². The SMILES string of the molecule is CC(C)(O)CN1CCN(CCOCCN)CC1. The molecule has 1 heterocycles. The maximum absolute atomic E-state index is 9.75. The van der Waals surface area contributed by atoms with E-state index in [1.807, 2.05) is 13.8 Å². The molecule has 0 saturated carbocycles. The molecule has 0 atom stereocenters. The van der Waals surface area contributed by atoms with Crippen molar-refractivity contribution in [3.05, 3.63) is 0 Å². The molecule has 1 aliphatic rings. The third kappa shape index (κ3) is 6.95. The van der Waals surface area contributed by atoms with E-state index in [0.717, 1.165) is 45.9 Å². The fraction of sp³-hybridized carbons (Fsp3) is 1.00. The average Bonchev–Trinajstić information content (AvgIpc) is 2.25. The number of ether oxygens (including phenoxy) is 1. The predicted molar refractivity (Wildman–Crippen MR) is 69.1 cm³/mol. The van der Waals surface area contributed by atoms with Crippen molar-refractivity contribution in [3.8, 4) is 0 Å². The lowest BCUT2D eigenvalue weighted by atomic mass is 10.1. The molecule has 0 bridgehead atoms. The minimum absolute atomic E-state index is 0.591. The van der Waals surface area contributed by atoms with Crippen LogP contribution in [0.5, 0.6) is 0 Å². The minimum atomic E-state index is -0.591. The van der Waals surface area contributed by atoms with Crippen LogP contribution in [-0.4, -0.2) is 79.5 Å². The summed E-state index contributed by atoms with van der Waals surface area (Å²) in [5.41, 5.74) is 4.76. The van der Waals surface area contributed by atoms with Crippen LogP contribution >= 0.6 is 0 Å². The Labute approximate surface area is 105 Å². The molecule has 0 spiro atoms. The summed E-state index contributed by atoms with van der Waals surface area (Å²) in [6.45, 7) is 11.6. The Bertz CT molecular complexity index is 198. The highest BCUT2D eigenvalue weighted by Crippen LogP contribution is 2.08. The number of β-amino-alcohol motifs (C(OH)–C–C–N with tert-alkyl or cyclic N) is 1. The van der Waals surface area contributed by atoms with E-state index < -0.39 is 5.60 Å².